The molecule has 0 amide bonds. The molecule has 0 spiro atoms. The highest BCUT2D eigenvalue weighted by Gasteiger charge is 2.09. The Balaban J connectivity index is 2.54. The molecule has 2 aromatic carbocycles. The van der Waals surface area contributed by atoms with E-state index >= 15 is 0 Å². The summed E-state index contributed by atoms with van der Waals surface area (Å²) in [5.74, 6) is 0.736. The van der Waals surface area contributed by atoms with Crippen molar-refractivity contribution in [2.75, 3.05) is 6.61 Å². The predicted octanol–water partition coefficient (Wildman–Crippen LogP) is 2.49. The van der Waals surface area contributed by atoms with Crippen LogP contribution < -0.4 is 4.74 Å². The Morgan fingerprint density at radius 1 is 1.12 bits per heavy atom. The summed E-state index contributed by atoms with van der Waals surface area (Å²) < 4.78 is 36.2. The van der Waals surface area contributed by atoms with Gasteiger partial charge in [0.05, 0.1) is 11.5 Å². The van der Waals surface area contributed by atoms with Gasteiger partial charge in [0, 0.05) is 0 Å². The van der Waals surface area contributed by atoms with Crippen molar-refractivity contribution in [3.63, 3.8) is 0 Å². The quantitative estimate of drug-likeness (QED) is 0.852. The molecule has 0 bridgehead atoms. The number of hydrogen-bond acceptors (Lipinski definition) is 3. The summed E-state index contributed by atoms with van der Waals surface area (Å²) in [7, 11) is -4.15. The lowest BCUT2D eigenvalue weighted by Gasteiger charge is -2.05. The van der Waals surface area contributed by atoms with Crippen LogP contribution in [0.3, 0.4) is 0 Å². The van der Waals surface area contributed by atoms with Gasteiger partial charge in [-0.1, -0.05) is 12.1 Å². The molecule has 4 nitrogen and oxygen atoms in total. The second-order valence-corrected chi connectivity index (χ2v) is 5.00. The largest absolute Gasteiger partial charge is 0.494 e. The number of hydrogen-bond donors (Lipinski definition) is 1. The fourth-order valence-corrected chi connectivity index (χ4v) is 2.13. The Labute approximate surface area is 99.6 Å². The topological polar surface area (TPSA) is 63.6 Å². The van der Waals surface area contributed by atoms with E-state index in [1.54, 1.807) is 18.2 Å². The van der Waals surface area contributed by atoms with Crippen LogP contribution in [-0.4, -0.2) is 19.6 Å². The van der Waals surface area contributed by atoms with Gasteiger partial charge in [-0.2, -0.15) is 8.42 Å². The molecule has 90 valence electrons. The van der Waals surface area contributed by atoms with Crippen molar-refractivity contribution < 1.29 is 17.7 Å². The zero-order valence-electron chi connectivity index (χ0n) is 9.25. The second-order valence-electron chi connectivity index (χ2n) is 3.58. The van der Waals surface area contributed by atoms with Gasteiger partial charge < -0.3 is 4.74 Å². The maximum atomic E-state index is 11.0. The maximum absolute atomic E-state index is 11.0. The van der Waals surface area contributed by atoms with Crippen molar-refractivity contribution in [2.24, 2.45) is 0 Å². The average Bonchev–Trinajstić information content (AvgIpc) is 2.27. The van der Waals surface area contributed by atoms with Crippen molar-refractivity contribution in [2.45, 2.75) is 11.8 Å². The third-order valence-electron chi connectivity index (χ3n) is 2.39. The minimum absolute atomic E-state index is 0.103. The number of fused-ring (bicyclic) bond motifs is 1. The van der Waals surface area contributed by atoms with Crippen molar-refractivity contribution in [3.05, 3.63) is 36.4 Å². The molecule has 0 saturated heterocycles. The first kappa shape index (κ1) is 11.9. The minimum atomic E-state index is -4.15. The van der Waals surface area contributed by atoms with Crippen LogP contribution in [0.4, 0.5) is 0 Å². The van der Waals surface area contributed by atoms with Crippen molar-refractivity contribution in [1.82, 2.24) is 0 Å². The predicted molar refractivity (Wildman–Crippen MR) is 64.9 cm³/mol. The SMILES string of the molecule is CCOc1ccc2cc(S(=O)(=O)O)ccc2c1. The minimum Gasteiger partial charge on any atom is -0.494 e. The molecule has 0 aliphatic heterocycles. The van der Waals surface area contributed by atoms with E-state index in [4.69, 9.17) is 9.29 Å². The van der Waals surface area contributed by atoms with Crippen LogP contribution in [-0.2, 0) is 10.1 Å². The summed E-state index contributed by atoms with van der Waals surface area (Å²) in [5.41, 5.74) is 0. The molecule has 0 atom stereocenters. The van der Waals surface area contributed by atoms with E-state index in [2.05, 4.69) is 0 Å². The molecule has 2 aromatic rings. The molecule has 0 radical (unpaired) electrons. The second kappa shape index (κ2) is 4.35. The fraction of sp³-hybridized carbons (Fsp3) is 0.167. The summed E-state index contributed by atoms with van der Waals surface area (Å²) in [5, 5.41) is 1.60. The lowest BCUT2D eigenvalue weighted by molar-refractivity contribution is 0.341. The Kier molecular flexibility index (Phi) is 3.04. The van der Waals surface area contributed by atoms with Gasteiger partial charge in [-0.05, 0) is 42.0 Å². The normalized spacial score (nSPS) is 11.6. The summed E-state index contributed by atoms with van der Waals surface area (Å²) >= 11 is 0. The van der Waals surface area contributed by atoms with E-state index in [-0.39, 0.29) is 4.90 Å². The standard InChI is InChI=1S/C12H12O4S/c1-2-16-11-5-3-10-8-12(17(13,14)15)6-4-9(10)7-11/h3-8H,2H2,1H3,(H,13,14,15). The van der Waals surface area contributed by atoms with Crippen LogP contribution in [0.2, 0.25) is 0 Å². The van der Waals surface area contributed by atoms with Crippen molar-refractivity contribution in [3.8, 4) is 5.75 Å². The molecule has 1 N–H and O–H groups in total. The molecule has 0 unspecified atom stereocenters. The first-order chi connectivity index (χ1) is 8.00. The first-order valence-corrected chi connectivity index (χ1v) is 6.59. The monoisotopic (exact) mass is 252 g/mol. The molecule has 0 aromatic heterocycles. The van der Waals surface area contributed by atoms with Gasteiger partial charge in [0.15, 0.2) is 0 Å². The van der Waals surface area contributed by atoms with Gasteiger partial charge in [0.25, 0.3) is 10.1 Å². The third kappa shape index (κ3) is 2.57. The number of benzene rings is 2. The fourth-order valence-electron chi connectivity index (χ4n) is 1.62. The van der Waals surface area contributed by atoms with Crippen molar-refractivity contribution in [1.29, 1.82) is 0 Å². The van der Waals surface area contributed by atoms with Gasteiger partial charge >= 0.3 is 0 Å². The van der Waals surface area contributed by atoms with Gasteiger partial charge in [0.1, 0.15) is 5.75 Å². The summed E-state index contributed by atoms with van der Waals surface area (Å²) in [4.78, 5) is -0.103. The highest BCUT2D eigenvalue weighted by atomic mass is 32.2. The molecule has 0 heterocycles. The zero-order valence-corrected chi connectivity index (χ0v) is 10.1. The lowest BCUT2D eigenvalue weighted by Crippen LogP contribution is -1.97. The van der Waals surface area contributed by atoms with E-state index in [9.17, 15) is 8.42 Å². The molecule has 5 heteroatoms. The molecule has 2 rings (SSSR count). The van der Waals surface area contributed by atoms with Gasteiger partial charge in [-0.25, -0.2) is 0 Å². The summed E-state index contributed by atoms with van der Waals surface area (Å²) in [6, 6.07) is 9.79. The van der Waals surface area contributed by atoms with Crippen LogP contribution in [0.5, 0.6) is 5.75 Å². The van der Waals surface area contributed by atoms with Gasteiger partial charge in [-0.15, -0.1) is 0 Å². The molecule has 0 fully saturated rings. The van der Waals surface area contributed by atoms with Crippen LogP contribution in [0, 0.1) is 0 Å². The number of ether oxygens (including phenoxy) is 1. The number of rotatable bonds is 3. The van der Waals surface area contributed by atoms with E-state index < -0.39 is 10.1 Å². The highest BCUT2D eigenvalue weighted by Crippen LogP contribution is 2.23. The third-order valence-corrected chi connectivity index (χ3v) is 3.24. The Hall–Kier alpha value is -1.59. The van der Waals surface area contributed by atoms with E-state index in [0.717, 1.165) is 16.5 Å². The van der Waals surface area contributed by atoms with E-state index in [0.29, 0.717) is 6.61 Å². The zero-order chi connectivity index (χ0) is 12.5. The molecular weight excluding hydrogens is 240 g/mol. The van der Waals surface area contributed by atoms with Crippen LogP contribution in [0.15, 0.2) is 41.3 Å². The summed E-state index contributed by atoms with van der Waals surface area (Å²) in [6.45, 7) is 2.47. The summed E-state index contributed by atoms with van der Waals surface area (Å²) in [6.07, 6.45) is 0. The molecule has 17 heavy (non-hydrogen) atoms. The van der Waals surface area contributed by atoms with E-state index in [1.165, 1.54) is 12.1 Å². The molecule has 0 aliphatic carbocycles. The first-order valence-electron chi connectivity index (χ1n) is 5.15. The smallest absolute Gasteiger partial charge is 0.294 e. The molecular formula is C12H12O4S. The Morgan fingerprint density at radius 3 is 2.41 bits per heavy atom. The molecule has 0 saturated carbocycles. The Bertz CT molecular complexity index is 647. The van der Waals surface area contributed by atoms with Gasteiger partial charge in [0.2, 0.25) is 0 Å². The van der Waals surface area contributed by atoms with Crippen LogP contribution in [0.25, 0.3) is 10.8 Å². The Morgan fingerprint density at radius 2 is 1.76 bits per heavy atom. The lowest BCUT2D eigenvalue weighted by atomic mass is 10.1. The van der Waals surface area contributed by atoms with Crippen LogP contribution >= 0.6 is 0 Å². The van der Waals surface area contributed by atoms with Gasteiger partial charge in [-0.3, -0.25) is 4.55 Å². The highest BCUT2D eigenvalue weighted by molar-refractivity contribution is 7.85. The van der Waals surface area contributed by atoms with Crippen molar-refractivity contribution >= 4 is 20.9 Å². The van der Waals surface area contributed by atoms with Crippen LogP contribution in [0.1, 0.15) is 6.92 Å². The molecule has 0 aliphatic rings. The maximum Gasteiger partial charge on any atom is 0.294 e. The van der Waals surface area contributed by atoms with E-state index in [1.807, 2.05) is 13.0 Å². The average molecular weight is 252 g/mol.